The van der Waals surface area contributed by atoms with Gasteiger partial charge in [-0.1, -0.05) is 45.0 Å². The van der Waals surface area contributed by atoms with Crippen molar-refractivity contribution in [2.75, 3.05) is 6.54 Å². The van der Waals surface area contributed by atoms with E-state index < -0.39 is 6.04 Å². The summed E-state index contributed by atoms with van der Waals surface area (Å²) in [6.07, 6.45) is 1.33. The van der Waals surface area contributed by atoms with Gasteiger partial charge in [-0.25, -0.2) is 0 Å². The topological polar surface area (TPSA) is 49.4 Å². The van der Waals surface area contributed by atoms with Crippen LogP contribution in [0.25, 0.3) is 0 Å². The highest BCUT2D eigenvalue weighted by atomic mass is 16.2. The summed E-state index contributed by atoms with van der Waals surface area (Å²) in [4.78, 5) is 26.2. The molecule has 1 aliphatic rings. The summed E-state index contributed by atoms with van der Waals surface area (Å²) in [5.74, 6) is 0.0959. The summed E-state index contributed by atoms with van der Waals surface area (Å²) >= 11 is 0. The first kappa shape index (κ1) is 15.5. The van der Waals surface area contributed by atoms with Crippen LogP contribution in [0.2, 0.25) is 0 Å². The lowest BCUT2D eigenvalue weighted by atomic mass is 10.0. The monoisotopic (exact) mass is 288 g/mol. The third-order valence-electron chi connectivity index (χ3n) is 4.03. The van der Waals surface area contributed by atoms with E-state index in [2.05, 4.69) is 24.4 Å². The lowest BCUT2D eigenvalue weighted by molar-refractivity contribution is -0.135. The first-order chi connectivity index (χ1) is 10.0. The third-order valence-corrected chi connectivity index (χ3v) is 4.03. The fraction of sp³-hybridized carbons (Fsp3) is 0.529. The van der Waals surface area contributed by atoms with Crippen LogP contribution in [0.3, 0.4) is 0 Å². The fourth-order valence-electron chi connectivity index (χ4n) is 2.72. The molecule has 0 spiro atoms. The van der Waals surface area contributed by atoms with Gasteiger partial charge in [-0.3, -0.25) is 9.59 Å². The molecule has 0 radical (unpaired) electrons. The van der Waals surface area contributed by atoms with E-state index in [1.807, 2.05) is 30.9 Å². The average molecular weight is 288 g/mol. The zero-order chi connectivity index (χ0) is 15.4. The van der Waals surface area contributed by atoms with Crippen LogP contribution in [0.4, 0.5) is 0 Å². The van der Waals surface area contributed by atoms with Gasteiger partial charge in [0, 0.05) is 19.5 Å². The zero-order valence-electron chi connectivity index (χ0n) is 13.1. The Bertz CT molecular complexity index is 525. The van der Waals surface area contributed by atoms with E-state index in [1.165, 1.54) is 11.1 Å². The van der Waals surface area contributed by atoms with Gasteiger partial charge in [0.2, 0.25) is 11.8 Å². The van der Waals surface area contributed by atoms with E-state index >= 15 is 0 Å². The first-order valence-corrected chi connectivity index (χ1v) is 7.67. The highest BCUT2D eigenvalue weighted by Crippen LogP contribution is 2.17. The van der Waals surface area contributed by atoms with E-state index in [9.17, 15) is 9.59 Å². The second-order valence-corrected chi connectivity index (χ2v) is 5.92. The molecule has 1 aliphatic heterocycles. The Kier molecular flexibility index (Phi) is 4.99. The van der Waals surface area contributed by atoms with Crippen molar-refractivity contribution in [3.8, 4) is 0 Å². The molecule has 21 heavy (non-hydrogen) atoms. The summed E-state index contributed by atoms with van der Waals surface area (Å²) in [7, 11) is 0. The Labute approximate surface area is 126 Å². The van der Waals surface area contributed by atoms with E-state index in [0.29, 0.717) is 19.5 Å². The molecular formula is C17H24N2O2. The maximum atomic E-state index is 12.6. The number of nitrogens with zero attached hydrogens (tertiary/aromatic N) is 1. The quantitative estimate of drug-likeness (QED) is 0.922. The maximum absolute atomic E-state index is 12.6. The van der Waals surface area contributed by atoms with Crippen LogP contribution in [0.5, 0.6) is 0 Å². The number of carbonyl (C=O) groups excluding carboxylic acids is 2. The molecule has 1 heterocycles. The molecule has 1 aromatic rings. The van der Waals surface area contributed by atoms with E-state index in [-0.39, 0.29) is 17.7 Å². The van der Waals surface area contributed by atoms with Gasteiger partial charge in [-0.05, 0) is 23.5 Å². The Morgan fingerprint density at radius 1 is 1.24 bits per heavy atom. The minimum absolute atomic E-state index is 0.0294. The van der Waals surface area contributed by atoms with Crippen LogP contribution < -0.4 is 5.32 Å². The largest absolute Gasteiger partial charge is 0.344 e. The molecule has 1 saturated heterocycles. The van der Waals surface area contributed by atoms with Crippen molar-refractivity contribution in [2.24, 2.45) is 5.92 Å². The molecule has 0 aliphatic carbocycles. The number of carbonyl (C=O) groups is 2. The molecule has 4 nitrogen and oxygen atoms in total. The van der Waals surface area contributed by atoms with Crippen molar-refractivity contribution < 1.29 is 9.59 Å². The lowest BCUT2D eigenvalue weighted by Gasteiger charge is -2.26. The summed E-state index contributed by atoms with van der Waals surface area (Å²) in [5, 5.41) is 2.84. The molecular weight excluding hydrogens is 264 g/mol. The Hall–Kier alpha value is -1.84. The third kappa shape index (κ3) is 3.63. The van der Waals surface area contributed by atoms with Gasteiger partial charge in [0.15, 0.2) is 0 Å². The Morgan fingerprint density at radius 2 is 1.90 bits per heavy atom. The lowest BCUT2D eigenvalue weighted by Crippen LogP contribution is -2.47. The van der Waals surface area contributed by atoms with Crippen LogP contribution in [0.15, 0.2) is 24.3 Å². The molecule has 1 fully saturated rings. The minimum Gasteiger partial charge on any atom is -0.344 e. The first-order valence-electron chi connectivity index (χ1n) is 7.67. The molecule has 1 atom stereocenters. The number of hydrogen-bond donors (Lipinski definition) is 1. The number of rotatable bonds is 4. The normalized spacial score (nSPS) is 19.6. The standard InChI is InChI=1S/C17H24N2O2/c1-4-13-7-5-6-8-14(13)11-19-10-9-15(20)18-16(12(2)3)17(19)21/h5-8,12,16H,4,9-11H2,1-3H3,(H,18,20). The molecule has 114 valence electrons. The zero-order valence-corrected chi connectivity index (χ0v) is 13.1. The van der Waals surface area contributed by atoms with Crippen molar-refractivity contribution >= 4 is 11.8 Å². The highest BCUT2D eigenvalue weighted by Gasteiger charge is 2.31. The van der Waals surface area contributed by atoms with E-state index in [1.54, 1.807) is 0 Å². The molecule has 4 heteroatoms. The van der Waals surface area contributed by atoms with Crippen LogP contribution in [0.1, 0.15) is 38.3 Å². The number of benzene rings is 1. The van der Waals surface area contributed by atoms with E-state index in [0.717, 1.165) is 6.42 Å². The van der Waals surface area contributed by atoms with Crippen molar-refractivity contribution in [1.29, 1.82) is 0 Å². The second-order valence-electron chi connectivity index (χ2n) is 5.92. The van der Waals surface area contributed by atoms with Gasteiger partial charge in [-0.2, -0.15) is 0 Å². The number of amides is 2. The van der Waals surface area contributed by atoms with Crippen LogP contribution in [-0.4, -0.2) is 29.3 Å². The summed E-state index contributed by atoms with van der Waals surface area (Å²) < 4.78 is 0. The predicted octanol–water partition coefficient (Wildman–Crippen LogP) is 2.12. The van der Waals surface area contributed by atoms with Crippen molar-refractivity contribution in [3.63, 3.8) is 0 Å². The van der Waals surface area contributed by atoms with Gasteiger partial charge in [-0.15, -0.1) is 0 Å². The highest BCUT2D eigenvalue weighted by molar-refractivity contribution is 5.90. The molecule has 2 rings (SSSR count). The van der Waals surface area contributed by atoms with Crippen LogP contribution in [-0.2, 0) is 22.6 Å². The molecule has 1 unspecified atom stereocenters. The van der Waals surface area contributed by atoms with Gasteiger partial charge in [0.05, 0.1) is 0 Å². The molecule has 2 amide bonds. The van der Waals surface area contributed by atoms with Gasteiger partial charge in [0.1, 0.15) is 6.04 Å². The Balaban J connectivity index is 2.21. The molecule has 1 N–H and O–H groups in total. The van der Waals surface area contributed by atoms with Crippen LogP contribution >= 0.6 is 0 Å². The van der Waals surface area contributed by atoms with Crippen molar-refractivity contribution in [2.45, 2.75) is 46.2 Å². The van der Waals surface area contributed by atoms with Gasteiger partial charge >= 0.3 is 0 Å². The number of aryl methyl sites for hydroxylation is 1. The summed E-state index contributed by atoms with van der Waals surface area (Å²) in [6.45, 7) is 7.12. The number of nitrogens with one attached hydrogen (secondary N) is 1. The van der Waals surface area contributed by atoms with Gasteiger partial charge in [0.25, 0.3) is 0 Å². The van der Waals surface area contributed by atoms with E-state index in [4.69, 9.17) is 0 Å². The molecule has 0 aromatic heterocycles. The van der Waals surface area contributed by atoms with Gasteiger partial charge < -0.3 is 10.2 Å². The molecule has 0 saturated carbocycles. The second kappa shape index (κ2) is 6.74. The molecule has 0 bridgehead atoms. The van der Waals surface area contributed by atoms with Crippen molar-refractivity contribution in [1.82, 2.24) is 10.2 Å². The van der Waals surface area contributed by atoms with Crippen LogP contribution in [0, 0.1) is 5.92 Å². The SMILES string of the molecule is CCc1ccccc1CN1CCC(=O)NC(C(C)C)C1=O. The summed E-state index contributed by atoms with van der Waals surface area (Å²) in [6, 6.07) is 7.78. The predicted molar refractivity (Wildman–Crippen MR) is 82.6 cm³/mol. The average Bonchev–Trinajstić information content (AvgIpc) is 2.61. The number of hydrogen-bond acceptors (Lipinski definition) is 2. The minimum atomic E-state index is -0.409. The van der Waals surface area contributed by atoms with Crippen molar-refractivity contribution in [3.05, 3.63) is 35.4 Å². The fourth-order valence-corrected chi connectivity index (χ4v) is 2.72. The smallest absolute Gasteiger partial charge is 0.245 e. The Morgan fingerprint density at radius 3 is 2.52 bits per heavy atom. The maximum Gasteiger partial charge on any atom is 0.245 e. The summed E-state index contributed by atoms with van der Waals surface area (Å²) in [5.41, 5.74) is 2.43. The molecule has 1 aromatic carbocycles.